The van der Waals surface area contributed by atoms with Gasteiger partial charge in [-0.25, -0.2) is 0 Å². The Morgan fingerprint density at radius 1 is 1.41 bits per heavy atom. The summed E-state index contributed by atoms with van der Waals surface area (Å²) < 4.78 is 10.5. The van der Waals surface area contributed by atoms with Gasteiger partial charge in [0.15, 0.2) is 5.76 Å². The highest BCUT2D eigenvalue weighted by Crippen LogP contribution is 2.24. The number of furan rings is 1. The highest BCUT2D eigenvalue weighted by Gasteiger charge is 2.34. The lowest BCUT2D eigenvalue weighted by Crippen LogP contribution is -2.43. The molecule has 0 unspecified atom stereocenters. The number of hydrogen-bond acceptors (Lipinski definition) is 6. The van der Waals surface area contributed by atoms with Crippen LogP contribution in [0.1, 0.15) is 31.6 Å². The molecule has 4 rings (SSSR count). The van der Waals surface area contributed by atoms with Crippen LogP contribution in [0.2, 0.25) is 0 Å². The van der Waals surface area contributed by atoms with Crippen LogP contribution in [0.15, 0.2) is 27.3 Å². The molecule has 2 aromatic rings. The first kappa shape index (κ1) is 13.5. The fourth-order valence-corrected chi connectivity index (χ4v) is 2.84. The average molecular weight is 302 g/mol. The lowest BCUT2D eigenvalue weighted by atomic mass is 10.2. The molecule has 1 saturated carbocycles. The maximum Gasteiger partial charge on any atom is 0.241 e. The fraction of sp³-hybridized carbons (Fsp3) is 0.533. The molecule has 1 aliphatic carbocycles. The van der Waals surface area contributed by atoms with Gasteiger partial charge in [0.05, 0.1) is 18.8 Å². The van der Waals surface area contributed by atoms with Gasteiger partial charge in [-0.3, -0.25) is 9.69 Å². The van der Waals surface area contributed by atoms with Gasteiger partial charge < -0.3 is 14.3 Å². The zero-order chi connectivity index (χ0) is 14.9. The first-order valence-corrected chi connectivity index (χ1v) is 7.70. The predicted octanol–water partition coefficient (Wildman–Crippen LogP) is 1.57. The number of likely N-dealkylation sites (tertiary alicyclic amines) is 1. The maximum atomic E-state index is 12.3. The molecule has 7 heteroatoms. The molecule has 0 aromatic carbocycles. The third-order valence-electron chi connectivity index (χ3n) is 4.14. The summed E-state index contributed by atoms with van der Waals surface area (Å²) in [5.41, 5.74) is 0. The molecule has 0 bridgehead atoms. The summed E-state index contributed by atoms with van der Waals surface area (Å²) in [6.07, 6.45) is 5.69. The molecule has 116 valence electrons. The summed E-state index contributed by atoms with van der Waals surface area (Å²) in [6, 6.07) is 3.88. The topological polar surface area (TPSA) is 84.4 Å². The summed E-state index contributed by atoms with van der Waals surface area (Å²) in [6.45, 7) is 1.37. The van der Waals surface area contributed by atoms with Gasteiger partial charge in [0.1, 0.15) is 0 Å². The number of amides is 1. The molecule has 2 fully saturated rings. The van der Waals surface area contributed by atoms with Gasteiger partial charge in [-0.2, -0.15) is 4.98 Å². The summed E-state index contributed by atoms with van der Waals surface area (Å²) in [5, 5.41) is 7.00. The van der Waals surface area contributed by atoms with Crippen molar-refractivity contribution in [3.8, 4) is 11.6 Å². The van der Waals surface area contributed by atoms with E-state index in [1.54, 1.807) is 18.4 Å². The Morgan fingerprint density at radius 2 is 2.32 bits per heavy atom. The van der Waals surface area contributed by atoms with Gasteiger partial charge in [0, 0.05) is 6.04 Å². The van der Waals surface area contributed by atoms with Crippen LogP contribution in [0.25, 0.3) is 11.6 Å². The highest BCUT2D eigenvalue weighted by atomic mass is 16.5. The number of carbonyl (C=O) groups excluding carboxylic acids is 1. The van der Waals surface area contributed by atoms with Crippen LogP contribution >= 0.6 is 0 Å². The zero-order valence-electron chi connectivity index (χ0n) is 12.2. The van der Waals surface area contributed by atoms with Crippen LogP contribution < -0.4 is 5.32 Å². The molecule has 1 saturated heterocycles. The van der Waals surface area contributed by atoms with Crippen molar-refractivity contribution in [1.82, 2.24) is 20.4 Å². The smallest absolute Gasteiger partial charge is 0.241 e. The van der Waals surface area contributed by atoms with E-state index in [2.05, 4.69) is 20.4 Å². The Kier molecular flexibility index (Phi) is 3.42. The lowest BCUT2D eigenvalue weighted by molar-refractivity contribution is -0.125. The molecule has 1 N–H and O–H groups in total. The van der Waals surface area contributed by atoms with Crippen molar-refractivity contribution in [3.63, 3.8) is 0 Å². The first-order chi connectivity index (χ1) is 10.8. The minimum absolute atomic E-state index is 0.0837. The Hall–Kier alpha value is -2.15. The Morgan fingerprint density at radius 3 is 3.09 bits per heavy atom. The van der Waals surface area contributed by atoms with E-state index in [4.69, 9.17) is 8.94 Å². The molecule has 1 aliphatic heterocycles. The summed E-state index contributed by atoms with van der Waals surface area (Å²) in [5.74, 6) is 1.67. The molecule has 0 spiro atoms. The minimum atomic E-state index is -0.0837. The van der Waals surface area contributed by atoms with E-state index < -0.39 is 0 Å². The molecular weight excluding hydrogens is 284 g/mol. The standard InChI is InChI=1S/C15H18N4O3/c20-15(16-10-5-6-10)11-3-1-7-19(11)9-13-17-14(18-22-13)12-4-2-8-21-12/h2,4,8,10-11H,1,3,5-7,9H2,(H,16,20)/t11-/m0/s1. The Labute approximate surface area is 127 Å². The van der Waals surface area contributed by atoms with E-state index in [9.17, 15) is 4.79 Å². The quantitative estimate of drug-likeness (QED) is 0.902. The van der Waals surface area contributed by atoms with Gasteiger partial charge in [-0.05, 0) is 44.4 Å². The maximum absolute atomic E-state index is 12.3. The third-order valence-corrected chi connectivity index (χ3v) is 4.14. The number of hydrogen-bond donors (Lipinski definition) is 1. The van der Waals surface area contributed by atoms with Crippen LogP contribution in [-0.4, -0.2) is 39.6 Å². The number of nitrogens with one attached hydrogen (secondary N) is 1. The minimum Gasteiger partial charge on any atom is -0.461 e. The van der Waals surface area contributed by atoms with E-state index in [1.165, 1.54) is 0 Å². The van der Waals surface area contributed by atoms with Crippen LogP contribution in [0.3, 0.4) is 0 Å². The van der Waals surface area contributed by atoms with Gasteiger partial charge in [0.25, 0.3) is 0 Å². The largest absolute Gasteiger partial charge is 0.461 e. The molecule has 22 heavy (non-hydrogen) atoms. The Balaban J connectivity index is 1.42. The molecule has 2 aliphatic rings. The molecule has 3 heterocycles. The molecule has 2 aromatic heterocycles. The van der Waals surface area contributed by atoms with E-state index >= 15 is 0 Å². The second kappa shape index (κ2) is 5.57. The van der Waals surface area contributed by atoms with Crippen LogP contribution in [-0.2, 0) is 11.3 Å². The average Bonchev–Trinajstić information content (AvgIpc) is 2.98. The molecular formula is C15H18N4O3. The number of carbonyl (C=O) groups is 1. The van der Waals surface area contributed by atoms with E-state index in [0.29, 0.717) is 30.1 Å². The molecule has 1 amide bonds. The lowest BCUT2D eigenvalue weighted by Gasteiger charge is -2.21. The van der Waals surface area contributed by atoms with Crippen LogP contribution in [0.4, 0.5) is 0 Å². The highest BCUT2D eigenvalue weighted by molar-refractivity contribution is 5.82. The van der Waals surface area contributed by atoms with Crippen molar-refractivity contribution >= 4 is 5.91 Å². The Bertz CT molecular complexity index is 648. The normalized spacial score (nSPS) is 22.1. The predicted molar refractivity (Wildman–Crippen MR) is 76.6 cm³/mol. The first-order valence-electron chi connectivity index (χ1n) is 7.70. The molecule has 7 nitrogen and oxygen atoms in total. The van der Waals surface area contributed by atoms with E-state index in [0.717, 1.165) is 32.2 Å². The second-order valence-electron chi connectivity index (χ2n) is 5.90. The summed E-state index contributed by atoms with van der Waals surface area (Å²) in [7, 11) is 0. The van der Waals surface area contributed by atoms with Crippen molar-refractivity contribution in [3.05, 3.63) is 24.3 Å². The van der Waals surface area contributed by atoms with Gasteiger partial charge >= 0.3 is 0 Å². The van der Waals surface area contributed by atoms with E-state index in [-0.39, 0.29) is 11.9 Å². The fourth-order valence-electron chi connectivity index (χ4n) is 2.84. The van der Waals surface area contributed by atoms with Crippen LogP contribution in [0.5, 0.6) is 0 Å². The van der Waals surface area contributed by atoms with Crippen molar-refractivity contribution in [2.24, 2.45) is 0 Å². The SMILES string of the molecule is O=C(NC1CC1)[C@@H]1CCCN1Cc1nc(-c2ccco2)no1. The number of aromatic nitrogens is 2. The van der Waals surface area contributed by atoms with Gasteiger partial charge in [-0.1, -0.05) is 5.16 Å². The summed E-state index contributed by atoms with van der Waals surface area (Å²) >= 11 is 0. The second-order valence-corrected chi connectivity index (χ2v) is 5.90. The van der Waals surface area contributed by atoms with Crippen LogP contribution in [0, 0.1) is 0 Å². The number of nitrogens with zero attached hydrogens (tertiary/aromatic N) is 3. The van der Waals surface area contributed by atoms with Gasteiger partial charge in [-0.15, -0.1) is 0 Å². The van der Waals surface area contributed by atoms with E-state index in [1.807, 2.05) is 0 Å². The van der Waals surface area contributed by atoms with Crippen molar-refractivity contribution in [2.45, 2.75) is 44.3 Å². The van der Waals surface area contributed by atoms with Crippen molar-refractivity contribution in [1.29, 1.82) is 0 Å². The summed E-state index contributed by atoms with van der Waals surface area (Å²) in [4.78, 5) is 18.7. The van der Waals surface area contributed by atoms with Gasteiger partial charge in [0.2, 0.25) is 17.6 Å². The zero-order valence-corrected chi connectivity index (χ0v) is 12.2. The molecule has 0 radical (unpaired) electrons. The van der Waals surface area contributed by atoms with Crippen molar-refractivity contribution in [2.75, 3.05) is 6.54 Å². The third kappa shape index (κ3) is 2.76. The number of rotatable bonds is 5. The molecule has 1 atom stereocenters. The monoisotopic (exact) mass is 302 g/mol. The van der Waals surface area contributed by atoms with Crippen molar-refractivity contribution < 1.29 is 13.7 Å².